The van der Waals surface area contributed by atoms with Crippen molar-refractivity contribution in [1.82, 2.24) is 10.2 Å². The lowest BCUT2D eigenvalue weighted by atomic mass is 10.1. The first kappa shape index (κ1) is 12.9. The van der Waals surface area contributed by atoms with E-state index in [1.807, 2.05) is 0 Å². The Morgan fingerprint density at radius 3 is 2.78 bits per heavy atom. The first-order valence-corrected chi connectivity index (χ1v) is 6.12. The van der Waals surface area contributed by atoms with Crippen molar-refractivity contribution < 1.29 is 24.6 Å². The summed E-state index contributed by atoms with van der Waals surface area (Å²) in [6.45, 7) is 0.661. The fourth-order valence-corrected chi connectivity index (χ4v) is 3.44. The number of carboxylic acids is 1. The molecule has 7 nitrogen and oxygen atoms in total. The molecule has 2 aliphatic rings. The molecule has 18 heavy (non-hydrogen) atoms. The van der Waals surface area contributed by atoms with Crippen LogP contribution in [0.3, 0.4) is 0 Å². The molecule has 2 atom stereocenters. The molecule has 2 heterocycles. The summed E-state index contributed by atoms with van der Waals surface area (Å²) in [6, 6.07) is 0. The second kappa shape index (κ2) is 4.29. The second-order valence-corrected chi connectivity index (χ2v) is 5.45. The SMILES string of the molecule is CC(=O)NC1(C(=O)O)S[C@@H]2CC(=O)N2C=C1CO. The normalized spacial score (nSPS) is 30.1. The summed E-state index contributed by atoms with van der Waals surface area (Å²) in [6.07, 6.45) is 1.55. The van der Waals surface area contributed by atoms with Crippen molar-refractivity contribution >= 4 is 29.5 Å². The molecule has 0 radical (unpaired) electrons. The molecule has 2 aliphatic heterocycles. The molecule has 1 unspecified atom stereocenters. The number of carbonyl (C=O) groups is 3. The molecule has 8 heteroatoms. The van der Waals surface area contributed by atoms with Crippen molar-refractivity contribution in [3.63, 3.8) is 0 Å². The number of thioether (sulfide) groups is 1. The second-order valence-electron chi connectivity index (χ2n) is 4.06. The van der Waals surface area contributed by atoms with Crippen LogP contribution in [0.1, 0.15) is 13.3 Å². The lowest BCUT2D eigenvalue weighted by molar-refractivity contribution is -0.143. The Labute approximate surface area is 107 Å². The molecule has 98 valence electrons. The zero-order valence-electron chi connectivity index (χ0n) is 9.54. The minimum atomic E-state index is -1.69. The number of aliphatic carboxylic acids is 1. The Kier molecular flexibility index (Phi) is 3.07. The van der Waals surface area contributed by atoms with Crippen molar-refractivity contribution in [3.8, 4) is 0 Å². The molecule has 0 aliphatic carbocycles. The van der Waals surface area contributed by atoms with Gasteiger partial charge in [-0.25, -0.2) is 4.79 Å². The van der Waals surface area contributed by atoms with Gasteiger partial charge in [0.25, 0.3) is 0 Å². The molecule has 3 N–H and O–H groups in total. The monoisotopic (exact) mass is 272 g/mol. The topological polar surface area (TPSA) is 107 Å². The Hall–Kier alpha value is -1.54. The first-order chi connectivity index (χ1) is 8.40. The van der Waals surface area contributed by atoms with E-state index in [4.69, 9.17) is 0 Å². The zero-order chi connectivity index (χ0) is 13.5. The van der Waals surface area contributed by atoms with Crippen LogP contribution in [-0.4, -0.2) is 49.7 Å². The van der Waals surface area contributed by atoms with E-state index in [1.54, 1.807) is 0 Å². The number of carbonyl (C=O) groups excluding carboxylic acids is 2. The maximum absolute atomic E-state index is 11.4. The third-order valence-corrected chi connectivity index (χ3v) is 4.39. The quantitative estimate of drug-likeness (QED) is 0.574. The molecule has 0 aromatic rings. The molecule has 0 aromatic heterocycles. The van der Waals surface area contributed by atoms with Crippen molar-refractivity contribution in [2.24, 2.45) is 0 Å². The summed E-state index contributed by atoms with van der Waals surface area (Å²) in [7, 11) is 0. The van der Waals surface area contributed by atoms with E-state index in [0.717, 1.165) is 11.8 Å². The van der Waals surface area contributed by atoms with Crippen LogP contribution in [0.15, 0.2) is 11.8 Å². The minimum Gasteiger partial charge on any atom is -0.479 e. The summed E-state index contributed by atoms with van der Waals surface area (Å²) in [5.74, 6) is -1.90. The van der Waals surface area contributed by atoms with Crippen LogP contribution in [0.4, 0.5) is 0 Å². The number of aliphatic hydroxyl groups is 1. The van der Waals surface area contributed by atoms with Gasteiger partial charge in [-0.15, -0.1) is 0 Å². The number of nitrogens with one attached hydrogen (secondary N) is 1. The van der Waals surface area contributed by atoms with Crippen LogP contribution in [0.25, 0.3) is 0 Å². The van der Waals surface area contributed by atoms with Gasteiger partial charge >= 0.3 is 5.97 Å². The molecule has 2 amide bonds. The summed E-state index contributed by atoms with van der Waals surface area (Å²) in [5, 5.41) is 20.7. The van der Waals surface area contributed by atoms with Crippen LogP contribution < -0.4 is 5.32 Å². The third-order valence-electron chi connectivity index (χ3n) is 2.83. The Morgan fingerprint density at radius 1 is 1.67 bits per heavy atom. The number of β-lactam (4-membered cyclic amide) rings is 1. The van der Waals surface area contributed by atoms with Gasteiger partial charge in [0.15, 0.2) is 0 Å². The van der Waals surface area contributed by atoms with Crippen molar-refractivity contribution in [1.29, 1.82) is 0 Å². The molecule has 0 aromatic carbocycles. The highest BCUT2D eigenvalue weighted by atomic mass is 32.2. The molecule has 2 rings (SSSR count). The van der Waals surface area contributed by atoms with Crippen LogP contribution in [0.5, 0.6) is 0 Å². The molecule has 0 bridgehead atoms. The Morgan fingerprint density at radius 2 is 2.33 bits per heavy atom. The maximum Gasteiger partial charge on any atom is 0.344 e. The summed E-state index contributed by atoms with van der Waals surface area (Å²) in [5.41, 5.74) is 0.0829. The molecule has 1 saturated heterocycles. The standard InChI is InChI=1S/C10H12N2O5S/c1-5(14)11-10(9(16)17)6(4-13)3-12-7(15)2-8(12)18-10/h3,8,13H,2,4H2,1H3,(H,11,14)(H,16,17)/t8-,10?/m1/s1. The summed E-state index contributed by atoms with van der Waals surface area (Å²) >= 11 is 0.947. The average Bonchev–Trinajstić information content (AvgIpc) is 2.27. The lowest BCUT2D eigenvalue weighted by Gasteiger charge is -2.47. The van der Waals surface area contributed by atoms with E-state index in [-0.39, 0.29) is 23.3 Å². The third kappa shape index (κ3) is 1.77. The van der Waals surface area contributed by atoms with Crippen molar-refractivity contribution in [2.75, 3.05) is 6.61 Å². The fourth-order valence-electron chi connectivity index (χ4n) is 1.94. The zero-order valence-corrected chi connectivity index (χ0v) is 10.4. The number of fused-ring (bicyclic) bond motifs is 1. The molecular formula is C10H12N2O5S. The van der Waals surface area contributed by atoms with Gasteiger partial charge in [-0.1, -0.05) is 11.8 Å². The van der Waals surface area contributed by atoms with Gasteiger partial charge in [0.2, 0.25) is 16.7 Å². The number of hydrogen-bond acceptors (Lipinski definition) is 5. The van der Waals surface area contributed by atoms with E-state index >= 15 is 0 Å². The van der Waals surface area contributed by atoms with Gasteiger partial charge in [0, 0.05) is 18.7 Å². The highest BCUT2D eigenvalue weighted by molar-refractivity contribution is 8.02. The highest BCUT2D eigenvalue weighted by Crippen LogP contribution is 2.45. The lowest BCUT2D eigenvalue weighted by Crippen LogP contribution is -2.62. The van der Waals surface area contributed by atoms with Gasteiger partial charge in [-0.2, -0.15) is 0 Å². The molecule has 1 fully saturated rings. The van der Waals surface area contributed by atoms with Crippen molar-refractivity contribution in [3.05, 3.63) is 11.8 Å². The predicted molar refractivity (Wildman–Crippen MR) is 62.2 cm³/mol. The van der Waals surface area contributed by atoms with Gasteiger partial charge in [-0.05, 0) is 0 Å². The van der Waals surface area contributed by atoms with Crippen LogP contribution in [0.2, 0.25) is 0 Å². The number of hydrogen-bond donors (Lipinski definition) is 3. The van der Waals surface area contributed by atoms with E-state index < -0.39 is 23.4 Å². The Balaban J connectivity index is 2.42. The van der Waals surface area contributed by atoms with E-state index in [0.29, 0.717) is 0 Å². The smallest absolute Gasteiger partial charge is 0.344 e. The predicted octanol–water partition coefficient (Wildman–Crippen LogP) is -0.915. The van der Waals surface area contributed by atoms with E-state index in [2.05, 4.69) is 5.32 Å². The average molecular weight is 272 g/mol. The van der Waals surface area contributed by atoms with Crippen LogP contribution in [-0.2, 0) is 14.4 Å². The molecule has 0 spiro atoms. The number of rotatable bonds is 3. The van der Waals surface area contributed by atoms with Crippen molar-refractivity contribution in [2.45, 2.75) is 23.6 Å². The number of aliphatic hydroxyl groups excluding tert-OH is 1. The Bertz CT molecular complexity index is 463. The van der Waals surface area contributed by atoms with Gasteiger partial charge in [-0.3, -0.25) is 9.59 Å². The number of amides is 2. The van der Waals surface area contributed by atoms with E-state index in [9.17, 15) is 24.6 Å². The maximum atomic E-state index is 11.4. The van der Waals surface area contributed by atoms with Crippen LogP contribution >= 0.6 is 11.8 Å². The van der Waals surface area contributed by atoms with E-state index in [1.165, 1.54) is 18.0 Å². The first-order valence-electron chi connectivity index (χ1n) is 5.24. The molecule has 0 saturated carbocycles. The highest BCUT2D eigenvalue weighted by Gasteiger charge is 2.54. The fraction of sp³-hybridized carbons (Fsp3) is 0.500. The van der Waals surface area contributed by atoms with Gasteiger partial charge in [0.1, 0.15) is 0 Å². The van der Waals surface area contributed by atoms with Gasteiger partial charge < -0.3 is 20.4 Å². The largest absolute Gasteiger partial charge is 0.479 e. The van der Waals surface area contributed by atoms with Gasteiger partial charge in [0.05, 0.1) is 18.4 Å². The number of nitrogens with zero attached hydrogens (tertiary/aromatic N) is 1. The van der Waals surface area contributed by atoms with Crippen LogP contribution in [0, 0.1) is 0 Å². The molecular weight excluding hydrogens is 260 g/mol. The number of carboxylic acid groups (broad SMARTS) is 1. The minimum absolute atomic E-state index is 0.0829. The summed E-state index contributed by atoms with van der Waals surface area (Å²) in [4.78, 5) is 33.6. The summed E-state index contributed by atoms with van der Waals surface area (Å²) < 4.78 is 0.